The Kier molecular flexibility index (Phi) is 4.81. The molecular weight excluding hydrogens is 116 g/mol. The van der Waals surface area contributed by atoms with E-state index in [2.05, 4.69) is 12.8 Å². The van der Waals surface area contributed by atoms with Crippen LogP contribution >= 0.6 is 0 Å². The first-order valence-electron chi connectivity index (χ1n) is 2.51. The molecule has 0 aromatic rings. The number of terminal acetylenes is 1. The molecular formula is C7H12O2. The van der Waals surface area contributed by atoms with Gasteiger partial charge in [0.1, 0.15) is 0 Å². The SMILES string of the molecule is C#C.CC(C)(C)C(=O)O. The van der Waals surface area contributed by atoms with Crippen LogP contribution in [0, 0.1) is 18.3 Å². The lowest BCUT2D eigenvalue weighted by Gasteiger charge is -2.08. The number of hydrogen-bond donors (Lipinski definition) is 1. The van der Waals surface area contributed by atoms with E-state index in [0.717, 1.165) is 0 Å². The summed E-state index contributed by atoms with van der Waals surface area (Å²) in [6.07, 6.45) is 8.00. The second-order valence-corrected chi connectivity index (χ2v) is 2.56. The van der Waals surface area contributed by atoms with Crippen LogP contribution in [0.4, 0.5) is 0 Å². The Hall–Kier alpha value is -0.970. The molecule has 0 radical (unpaired) electrons. The largest absolute Gasteiger partial charge is 0.481 e. The molecule has 0 amide bonds. The summed E-state index contributed by atoms with van der Waals surface area (Å²) in [5.41, 5.74) is -0.583. The Morgan fingerprint density at radius 1 is 1.33 bits per heavy atom. The molecule has 0 fully saturated rings. The van der Waals surface area contributed by atoms with Crippen LogP contribution in [0.15, 0.2) is 0 Å². The van der Waals surface area contributed by atoms with Crippen molar-refractivity contribution in [1.82, 2.24) is 0 Å². The van der Waals surface area contributed by atoms with Gasteiger partial charge in [-0.2, -0.15) is 0 Å². The monoisotopic (exact) mass is 128 g/mol. The van der Waals surface area contributed by atoms with Crippen molar-refractivity contribution in [3.8, 4) is 12.8 Å². The molecule has 0 aliphatic carbocycles. The molecule has 2 heteroatoms. The highest BCUT2D eigenvalue weighted by Gasteiger charge is 2.18. The second-order valence-electron chi connectivity index (χ2n) is 2.56. The van der Waals surface area contributed by atoms with Crippen LogP contribution in [-0.2, 0) is 4.79 Å². The molecule has 0 spiro atoms. The summed E-state index contributed by atoms with van der Waals surface area (Å²) in [7, 11) is 0. The topological polar surface area (TPSA) is 37.3 Å². The summed E-state index contributed by atoms with van der Waals surface area (Å²) in [5, 5.41) is 8.25. The van der Waals surface area contributed by atoms with Gasteiger partial charge >= 0.3 is 5.97 Å². The van der Waals surface area contributed by atoms with E-state index in [-0.39, 0.29) is 0 Å². The molecule has 2 nitrogen and oxygen atoms in total. The smallest absolute Gasteiger partial charge is 0.308 e. The molecule has 0 atom stereocenters. The Morgan fingerprint density at radius 2 is 1.44 bits per heavy atom. The van der Waals surface area contributed by atoms with Gasteiger partial charge in [0.25, 0.3) is 0 Å². The number of rotatable bonds is 0. The molecule has 52 valence electrons. The van der Waals surface area contributed by atoms with Crippen molar-refractivity contribution in [2.75, 3.05) is 0 Å². The predicted octanol–water partition coefficient (Wildman–Crippen LogP) is 1.37. The van der Waals surface area contributed by atoms with Crippen LogP contribution in [0.1, 0.15) is 20.8 Å². The minimum Gasteiger partial charge on any atom is -0.481 e. The number of carbonyl (C=O) groups is 1. The van der Waals surface area contributed by atoms with E-state index in [1.54, 1.807) is 20.8 Å². The van der Waals surface area contributed by atoms with Crippen LogP contribution in [-0.4, -0.2) is 11.1 Å². The third-order valence-electron chi connectivity index (χ3n) is 0.642. The molecule has 0 rings (SSSR count). The molecule has 0 saturated carbocycles. The minimum atomic E-state index is -0.757. The van der Waals surface area contributed by atoms with Crippen molar-refractivity contribution < 1.29 is 9.90 Å². The summed E-state index contributed by atoms with van der Waals surface area (Å²) in [5.74, 6) is -0.757. The fourth-order valence-electron chi connectivity index (χ4n) is 0. The van der Waals surface area contributed by atoms with Crippen LogP contribution in [0.25, 0.3) is 0 Å². The van der Waals surface area contributed by atoms with Gasteiger partial charge in [-0.3, -0.25) is 4.79 Å². The first-order chi connectivity index (χ1) is 3.94. The van der Waals surface area contributed by atoms with Crippen LogP contribution in [0.2, 0.25) is 0 Å². The quantitative estimate of drug-likeness (QED) is 0.500. The molecule has 0 saturated heterocycles. The third-order valence-corrected chi connectivity index (χ3v) is 0.642. The minimum absolute atomic E-state index is 0.583. The normalized spacial score (nSPS) is 9.00. The van der Waals surface area contributed by atoms with E-state index in [0.29, 0.717) is 0 Å². The Labute approximate surface area is 55.9 Å². The number of aliphatic carboxylic acids is 1. The maximum absolute atomic E-state index is 10.0. The number of carboxylic acids is 1. The van der Waals surface area contributed by atoms with Crippen LogP contribution in [0.3, 0.4) is 0 Å². The van der Waals surface area contributed by atoms with Crippen molar-refractivity contribution >= 4 is 5.97 Å². The lowest BCUT2D eigenvalue weighted by atomic mass is 9.98. The highest BCUT2D eigenvalue weighted by molar-refractivity contribution is 5.72. The summed E-state index contributed by atoms with van der Waals surface area (Å²) in [6.45, 7) is 4.99. The Morgan fingerprint density at radius 3 is 1.44 bits per heavy atom. The number of carboxylic acid groups (broad SMARTS) is 1. The molecule has 0 aromatic carbocycles. The van der Waals surface area contributed by atoms with Gasteiger partial charge < -0.3 is 5.11 Å². The molecule has 0 heterocycles. The van der Waals surface area contributed by atoms with Gasteiger partial charge in [0.05, 0.1) is 5.41 Å². The standard InChI is InChI=1S/C5H10O2.C2H2/c1-5(2,3)4(6)7;1-2/h1-3H3,(H,6,7);1-2H. The Bertz CT molecular complexity index is 106. The number of hydrogen-bond acceptors (Lipinski definition) is 1. The highest BCUT2D eigenvalue weighted by atomic mass is 16.4. The molecule has 9 heavy (non-hydrogen) atoms. The highest BCUT2D eigenvalue weighted by Crippen LogP contribution is 2.11. The van der Waals surface area contributed by atoms with Gasteiger partial charge in [-0.25, -0.2) is 0 Å². The lowest BCUT2D eigenvalue weighted by Crippen LogP contribution is -2.18. The zero-order valence-electron chi connectivity index (χ0n) is 6.01. The zero-order chi connectivity index (χ0) is 8.08. The first kappa shape index (κ1) is 10.9. The van der Waals surface area contributed by atoms with Gasteiger partial charge in [0.2, 0.25) is 0 Å². The fraction of sp³-hybridized carbons (Fsp3) is 0.571. The Balaban J connectivity index is 0. The van der Waals surface area contributed by atoms with Gasteiger partial charge in [0, 0.05) is 0 Å². The summed E-state index contributed by atoms with van der Waals surface area (Å²) >= 11 is 0. The predicted molar refractivity (Wildman–Crippen MR) is 37.0 cm³/mol. The average molecular weight is 128 g/mol. The van der Waals surface area contributed by atoms with Crippen LogP contribution < -0.4 is 0 Å². The van der Waals surface area contributed by atoms with Crippen molar-refractivity contribution in [2.24, 2.45) is 5.41 Å². The zero-order valence-corrected chi connectivity index (χ0v) is 6.01. The van der Waals surface area contributed by atoms with Gasteiger partial charge in [-0.1, -0.05) is 0 Å². The van der Waals surface area contributed by atoms with E-state index >= 15 is 0 Å². The van der Waals surface area contributed by atoms with E-state index < -0.39 is 11.4 Å². The molecule has 1 N–H and O–H groups in total. The van der Waals surface area contributed by atoms with Gasteiger partial charge in [0.15, 0.2) is 0 Å². The van der Waals surface area contributed by atoms with E-state index in [1.165, 1.54) is 0 Å². The summed E-state index contributed by atoms with van der Waals surface area (Å²) < 4.78 is 0. The summed E-state index contributed by atoms with van der Waals surface area (Å²) in [4.78, 5) is 10.0. The average Bonchev–Trinajstić information content (AvgIpc) is 1.69. The van der Waals surface area contributed by atoms with E-state index in [9.17, 15) is 4.79 Å². The van der Waals surface area contributed by atoms with E-state index in [1.807, 2.05) is 0 Å². The first-order valence-corrected chi connectivity index (χ1v) is 2.51. The molecule has 0 aliphatic heterocycles. The summed E-state index contributed by atoms with van der Waals surface area (Å²) in [6, 6.07) is 0. The van der Waals surface area contributed by atoms with Crippen molar-refractivity contribution in [3.05, 3.63) is 0 Å². The maximum atomic E-state index is 10.0. The van der Waals surface area contributed by atoms with Gasteiger partial charge in [-0.05, 0) is 20.8 Å². The molecule has 0 unspecified atom stereocenters. The molecule has 0 aromatic heterocycles. The fourth-order valence-corrected chi connectivity index (χ4v) is 0. The van der Waals surface area contributed by atoms with Crippen molar-refractivity contribution in [3.63, 3.8) is 0 Å². The maximum Gasteiger partial charge on any atom is 0.308 e. The third kappa shape index (κ3) is 7.03. The van der Waals surface area contributed by atoms with Crippen molar-refractivity contribution in [2.45, 2.75) is 20.8 Å². The second kappa shape index (κ2) is 3.96. The molecule has 0 bridgehead atoms. The van der Waals surface area contributed by atoms with E-state index in [4.69, 9.17) is 5.11 Å². The lowest BCUT2D eigenvalue weighted by molar-refractivity contribution is -0.145. The van der Waals surface area contributed by atoms with Crippen molar-refractivity contribution in [1.29, 1.82) is 0 Å². The van der Waals surface area contributed by atoms with Crippen LogP contribution in [0.5, 0.6) is 0 Å². The van der Waals surface area contributed by atoms with Gasteiger partial charge in [-0.15, -0.1) is 12.8 Å². The molecule has 0 aliphatic rings.